The molecule has 2 aliphatic rings. The average molecular weight is 365 g/mol. The third kappa shape index (κ3) is 2.61. The van der Waals surface area contributed by atoms with Crippen LogP contribution in [-0.2, 0) is 15.6 Å². The van der Waals surface area contributed by atoms with Gasteiger partial charge in [-0.25, -0.2) is 12.8 Å². The van der Waals surface area contributed by atoms with Crippen molar-refractivity contribution in [3.63, 3.8) is 0 Å². The van der Waals surface area contributed by atoms with Crippen molar-refractivity contribution in [2.75, 3.05) is 13.1 Å². The lowest BCUT2D eigenvalue weighted by Gasteiger charge is -2.39. The Balaban J connectivity index is 1.67. The Labute approximate surface area is 146 Å². The van der Waals surface area contributed by atoms with E-state index in [-0.39, 0.29) is 23.3 Å². The summed E-state index contributed by atoms with van der Waals surface area (Å²) in [7, 11) is -3.93. The molecule has 1 N–H and O–H groups in total. The lowest BCUT2D eigenvalue weighted by Crippen LogP contribution is -2.42. The summed E-state index contributed by atoms with van der Waals surface area (Å²) < 4.78 is 46.5. The van der Waals surface area contributed by atoms with E-state index in [0.717, 1.165) is 18.9 Å². The van der Waals surface area contributed by atoms with Crippen LogP contribution in [0.5, 0.6) is 0 Å². The fraction of sp³-hybridized carbons (Fsp3) is 0.444. The molecule has 0 bridgehead atoms. The molecule has 1 saturated heterocycles. The van der Waals surface area contributed by atoms with Crippen molar-refractivity contribution in [1.29, 1.82) is 0 Å². The standard InChI is InChI=1S/C18H20FNO4S/c19-15-6-1-2-7-16(15)25(22,23)20-11-13-5-3-9-18(21,14(13)12-20)17-8-4-10-24-17/h1-2,4,6-8,10,13-14,21H,3,5,9,11-12H2/t13-,14-,18+/m0/s1. The minimum absolute atomic E-state index is 0.0328. The highest BCUT2D eigenvalue weighted by molar-refractivity contribution is 7.89. The highest BCUT2D eigenvalue weighted by atomic mass is 32.2. The number of sulfonamides is 1. The van der Waals surface area contributed by atoms with Crippen LogP contribution in [0.2, 0.25) is 0 Å². The molecule has 1 saturated carbocycles. The first-order chi connectivity index (χ1) is 11.9. The lowest BCUT2D eigenvalue weighted by molar-refractivity contribution is -0.0795. The number of nitrogens with zero attached hydrogens (tertiary/aromatic N) is 1. The summed E-state index contributed by atoms with van der Waals surface area (Å²) in [5.74, 6) is -0.495. The molecule has 25 heavy (non-hydrogen) atoms. The summed E-state index contributed by atoms with van der Waals surface area (Å²) in [4.78, 5) is -0.310. The number of hydrogen-bond acceptors (Lipinski definition) is 4. The van der Waals surface area contributed by atoms with Gasteiger partial charge in [-0.2, -0.15) is 4.31 Å². The summed E-state index contributed by atoms with van der Waals surface area (Å²) in [6.07, 6.45) is 3.69. The Bertz CT molecular complexity index is 867. The summed E-state index contributed by atoms with van der Waals surface area (Å²) in [5.41, 5.74) is -1.17. The molecular weight excluding hydrogens is 345 g/mol. The van der Waals surface area contributed by atoms with Gasteiger partial charge in [0.15, 0.2) is 0 Å². The molecule has 0 radical (unpaired) electrons. The normalized spacial score (nSPS) is 30.3. The van der Waals surface area contributed by atoms with Crippen molar-refractivity contribution >= 4 is 10.0 Å². The quantitative estimate of drug-likeness (QED) is 0.908. The fourth-order valence-electron chi connectivity index (χ4n) is 4.30. The van der Waals surface area contributed by atoms with E-state index in [1.807, 2.05) is 0 Å². The molecule has 1 aliphatic carbocycles. The maximum absolute atomic E-state index is 14.0. The third-order valence-corrected chi connectivity index (χ3v) is 7.42. The number of halogens is 1. The molecule has 4 rings (SSSR count). The lowest BCUT2D eigenvalue weighted by atomic mass is 9.69. The molecule has 0 spiro atoms. The van der Waals surface area contributed by atoms with Gasteiger partial charge in [0.05, 0.1) is 6.26 Å². The molecule has 2 aromatic rings. The second kappa shape index (κ2) is 5.93. The van der Waals surface area contributed by atoms with Gasteiger partial charge >= 0.3 is 0 Å². The van der Waals surface area contributed by atoms with E-state index >= 15 is 0 Å². The zero-order chi connectivity index (χ0) is 17.7. The van der Waals surface area contributed by atoms with Crippen LogP contribution in [0.25, 0.3) is 0 Å². The zero-order valence-corrected chi connectivity index (χ0v) is 14.5. The molecule has 3 atom stereocenters. The number of furan rings is 1. The summed E-state index contributed by atoms with van der Waals surface area (Å²) in [6.45, 7) is 0.461. The maximum atomic E-state index is 14.0. The largest absolute Gasteiger partial charge is 0.466 e. The van der Waals surface area contributed by atoms with Crippen LogP contribution in [0.4, 0.5) is 4.39 Å². The third-order valence-electron chi connectivity index (χ3n) is 5.56. The van der Waals surface area contributed by atoms with E-state index in [0.29, 0.717) is 18.7 Å². The summed E-state index contributed by atoms with van der Waals surface area (Å²) >= 11 is 0. The van der Waals surface area contributed by atoms with E-state index in [9.17, 15) is 17.9 Å². The van der Waals surface area contributed by atoms with Crippen LogP contribution >= 0.6 is 0 Å². The van der Waals surface area contributed by atoms with Crippen LogP contribution in [0, 0.1) is 17.7 Å². The molecule has 1 aromatic carbocycles. The van der Waals surface area contributed by atoms with Gasteiger partial charge in [0.2, 0.25) is 10.0 Å². The molecule has 0 unspecified atom stereocenters. The molecular formula is C18H20FNO4S. The van der Waals surface area contributed by atoms with Gasteiger partial charge in [0.25, 0.3) is 0 Å². The highest BCUT2D eigenvalue weighted by Gasteiger charge is 2.53. The monoisotopic (exact) mass is 365 g/mol. The van der Waals surface area contributed by atoms with Crippen LogP contribution in [0.1, 0.15) is 25.0 Å². The fourth-order valence-corrected chi connectivity index (χ4v) is 5.89. The van der Waals surface area contributed by atoms with Gasteiger partial charge in [-0.15, -0.1) is 0 Å². The van der Waals surface area contributed by atoms with Crippen molar-refractivity contribution < 1.29 is 22.3 Å². The Morgan fingerprint density at radius 2 is 2.00 bits per heavy atom. The first kappa shape index (κ1) is 16.8. The predicted molar refractivity (Wildman–Crippen MR) is 88.6 cm³/mol. The second-order valence-corrected chi connectivity index (χ2v) is 8.82. The summed E-state index contributed by atoms with van der Waals surface area (Å²) in [5, 5.41) is 11.2. The Morgan fingerprint density at radius 1 is 1.20 bits per heavy atom. The number of benzene rings is 1. The topological polar surface area (TPSA) is 70.8 Å². The number of fused-ring (bicyclic) bond motifs is 1. The number of rotatable bonds is 3. The van der Waals surface area contributed by atoms with Crippen LogP contribution in [0.15, 0.2) is 52.0 Å². The van der Waals surface area contributed by atoms with Gasteiger partial charge in [0, 0.05) is 19.0 Å². The van der Waals surface area contributed by atoms with Crippen LogP contribution in [0.3, 0.4) is 0 Å². The van der Waals surface area contributed by atoms with Crippen LogP contribution in [-0.4, -0.2) is 30.9 Å². The molecule has 2 heterocycles. The van der Waals surface area contributed by atoms with Gasteiger partial charge in [0.1, 0.15) is 22.1 Å². The molecule has 0 amide bonds. The average Bonchev–Trinajstić information content (AvgIpc) is 3.26. The first-order valence-electron chi connectivity index (χ1n) is 8.44. The van der Waals surface area contributed by atoms with E-state index in [2.05, 4.69) is 0 Å². The molecule has 7 heteroatoms. The number of hydrogen-bond donors (Lipinski definition) is 1. The first-order valence-corrected chi connectivity index (χ1v) is 9.88. The molecule has 5 nitrogen and oxygen atoms in total. The Kier molecular flexibility index (Phi) is 3.97. The molecule has 1 aliphatic heterocycles. The second-order valence-electron chi connectivity index (χ2n) is 6.91. The van der Waals surface area contributed by atoms with Gasteiger partial charge in [-0.05, 0) is 49.4 Å². The van der Waals surface area contributed by atoms with Crippen molar-refractivity contribution in [3.8, 4) is 0 Å². The van der Waals surface area contributed by atoms with E-state index < -0.39 is 21.4 Å². The van der Waals surface area contributed by atoms with Crippen molar-refractivity contribution in [2.45, 2.75) is 29.8 Å². The highest BCUT2D eigenvalue weighted by Crippen LogP contribution is 2.49. The molecule has 1 aromatic heterocycles. The van der Waals surface area contributed by atoms with Gasteiger partial charge in [-0.1, -0.05) is 12.1 Å². The van der Waals surface area contributed by atoms with Crippen LogP contribution < -0.4 is 0 Å². The minimum Gasteiger partial charge on any atom is -0.466 e. The SMILES string of the molecule is O=S(=O)(c1ccccc1F)N1C[C@@H]2CCC[C@](O)(c3ccco3)[C@H]2C1. The van der Waals surface area contributed by atoms with Crippen molar-refractivity contribution in [3.05, 3.63) is 54.2 Å². The zero-order valence-electron chi connectivity index (χ0n) is 13.6. The van der Waals surface area contributed by atoms with E-state index in [4.69, 9.17) is 4.42 Å². The van der Waals surface area contributed by atoms with Gasteiger partial charge in [-0.3, -0.25) is 0 Å². The van der Waals surface area contributed by atoms with Crippen molar-refractivity contribution in [2.24, 2.45) is 11.8 Å². The molecule has 2 fully saturated rings. The number of aliphatic hydroxyl groups is 1. The maximum Gasteiger partial charge on any atom is 0.246 e. The summed E-state index contributed by atoms with van der Waals surface area (Å²) in [6, 6.07) is 8.86. The molecule has 134 valence electrons. The van der Waals surface area contributed by atoms with E-state index in [1.165, 1.54) is 28.8 Å². The Hall–Kier alpha value is -1.70. The van der Waals surface area contributed by atoms with Gasteiger partial charge < -0.3 is 9.52 Å². The van der Waals surface area contributed by atoms with Crippen molar-refractivity contribution in [1.82, 2.24) is 4.31 Å². The minimum atomic E-state index is -3.93. The predicted octanol–water partition coefficient (Wildman–Crippen LogP) is 2.73. The van der Waals surface area contributed by atoms with E-state index in [1.54, 1.807) is 12.1 Å². The Morgan fingerprint density at radius 3 is 2.72 bits per heavy atom. The smallest absolute Gasteiger partial charge is 0.246 e.